The molecule has 2 aliphatic rings. The maximum Gasteiger partial charge on any atom is 0.184 e. The number of fused-ring (bicyclic) bond motifs is 5. The first-order valence-electron chi connectivity index (χ1n) is 19.4. The maximum absolute atomic E-state index is 5.82. The van der Waals surface area contributed by atoms with E-state index in [4.69, 9.17) is 4.98 Å². The lowest BCUT2D eigenvalue weighted by Gasteiger charge is -2.45. The minimum atomic E-state index is -2.76. The van der Waals surface area contributed by atoms with Crippen LogP contribution >= 0.6 is 0 Å². The van der Waals surface area contributed by atoms with Crippen molar-refractivity contribution in [2.24, 2.45) is 0 Å². The van der Waals surface area contributed by atoms with Crippen molar-refractivity contribution in [1.29, 1.82) is 0 Å². The lowest BCUT2D eigenvalue weighted by atomic mass is 10.1. The predicted molar refractivity (Wildman–Crippen MR) is 241 cm³/mol. The quantitative estimate of drug-likeness (QED) is 0.171. The molecule has 0 saturated carbocycles. The fraction of sp³-hybridized carbons (Fsp3) is 0. The van der Waals surface area contributed by atoms with Crippen LogP contribution in [-0.2, 0) is 0 Å². The van der Waals surface area contributed by atoms with Gasteiger partial charge in [0.1, 0.15) is 20.4 Å². The fourth-order valence-corrected chi connectivity index (χ4v) is 17.9. The van der Waals surface area contributed by atoms with E-state index in [9.17, 15) is 0 Å². The van der Waals surface area contributed by atoms with Gasteiger partial charge in [-0.2, -0.15) is 0 Å². The minimum Gasteiger partial charge on any atom is -0.295 e. The highest BCUT2D eigenvalue weighted by Crippen LogP contribution is 2.43. The van der Waals surface area contributed by atoms with Crippen molar-refractivity contribution in [2.75, 3.05) is 9.80 Å². The second-order valence-corrected chi connectivity index (χ2v) is 21.2. The Balaban J connectivity index is 1.19. The van der Waals surface area contributed by atoms with Crippen molar-refractivity contribution in [2.45, 2.75) is 0 Å². The Morgan fingerprint density at radius 3 is 1.41 bits per heavy atom. The summed E-state index contributed by atoms with van der Waals surface area (Å²) in [5.41, 5.74) is 4.77. The van der Waals surface area contributed by atoms with Crippen LogP contribution in [-0.4, -0.2) is 21.9 Å². The van der Waals surface area contributed by atoms with Crippen LogP contribution in [0.1, 0.15) is 0 Å². The molecule has 11 rings (SSSR count). The molecule has 8 aromatic carbocycles. The topological polar surface area (TPSA) is 19.4 Å². The van der Waals surface area contributed by atoms with E-state index >= 15 is 0 Å². The number of hydrogen-bond donors (Lipinski definition) is 0. The number of para-hydroxylation sites is 4. The van der Waals surface area contributed by atoms with E-state index in [1.807, 2.05) is 0 Å². The summed E-state index contributed by atoms with van der Waals surface area (Å²) in [6, 6.07) is 80.7. The van der Waals surface area contributed by atoms with Crippen LogP contribution in [0.5, 0.6) is 0 Å². The van der Waals surface area contributed by atoms with Crippen LogP contribution in [0.2, 0.25) is 0 Å². The molecule has 0 atom stereocenters. The van der Waals surface area contributed by atoms with E-state index in [0.717, 1.165) is 22.4 Å². The number of hydrogen-bond acceptors (Lipinski definition) is 3. The number of pyridine rings is 1. The Bertz CT molecular complexity index is 2760. The van der Waals surface area contributed by atoms with Crippen molar-refractivity contribution in [1.82, 2.24) is 4.98 Å². The standard InChI is InChI=1S/C51H37N3Si2/c1-4-21-38(22-5-1)55-46-32-16-12-28-42(46)54(43-29-13-17-33-47(43)55)51-41-27-11-10-20-37(41)36-50(52-51)53-44-30-14-18-34-48(44)56(39-23-6-2-7-24-39,40-25-8-3-9-26-40)49-35-19-15-31-45(49)53/h1-36,55H. The highest BCUT2D eigenvalue weighted by Gasteiger charge is 2.49. The van der Waals surface area contributed by atoms with Gasteiger partial charge in [0, 0.05) is 28.1 Å². The van der Waals surface area contributed by atoms with Gasteiger partial charge in [0.15, 0.2) is 8.07 Å². The molecule has 1 aromatic heterocycles. The maximum atomic E-state index is 5.82. The normalized spacial score (nSPS) is 14.1. The molecule has 0 bridgehead atoms. The molecule has 56 heavy (non-hydrogen) atoms. The van der Waals surface area contributed by atoms with E-state index in [0.29, 0.717) is 0 Å². The van der Waals surface area contributed by atoms with Crippen LogP contribution in [0.25, 0.3) is 10.8 Å². The smallest absolute Gasteiger partial charge is 0.184 e. The Kier molecular flexibility index (Phi) is 7.69. The zero-order valence-corrected chi connectivity index (χ0v) is 32.9. The van der Waals surface area contributed by atoms with Crippen molar-refractivity contribution < 1.29 is 0 Å². The van der Waals surface area contributed by atoms with Gasteiger partial charge >= 0.3 is 0 Å². The van der Waals surface area contributed by atoms with E-state index in [2.05, 4.69) is 228 Å². The summed E-state index contributed by atoms with van der Waals surface area (Å²) in [5, 5.41) is 12.0. The molecule has 5 heteroatoms. The molecule has 3 nitrogen and oxygen atoms in total. The van der Waals surface area contributed by atoms with Crippen LogP contribution in [0, 0.1) is 0 Å². The Labute approximate surface area is 330 Å². The van der Waals surface area contributed by atoms with Gasteiger partial charge in [-0.25, -0.2) is 4.98 Å². The van der Waals surface area contributed by atoms with E-state index in [1.165, 1.54) is 59.1 Å². The first-order valence-corrected chi connectivity index (χ1v) is 23.1. The number of aromatic nitrogens is 1. The molecule has 0 N–H and O–H groups in total. The molecule has 2 aliphatic heterocycles. The summed E-state index contributed by atoms with van der Waals surface area (Å²) < 4.78 is 0. The van der Waals surface area contributed by atoms with Crippen molar-refractivity contribution in [3.05, 3.63) is 218 Å². The molecule has 0 radical (unpaired) electrons. The second kappa shape index (κ2) is 13.2. The third-order valence-corrected chi connectivity index (χ3v) is 19.9. The predicted octanol–water partition coefficient (Wildman–Crippen LogP) is 7.43. The summed E-state index contributed by atoms with van der Waals surface area (Å²) in [7, 11) is -4.54. The first-order chi connectivity index (χ1) is 27.8. The largest absolute Gasteiger partial charge is 0.295 e. The van der Waals surface area contributed by atoms with Gasteiger partial charge in [-0.3, -0.25) is 9.80 Å². The van der Waals surface area contributed by atoms with Crippen molar-refractivity contribution in [3.8, 4) is 0 Å². The monoisotopic (exact) mass is 747 g/mol. The van der Waals surface area contributed by atoms with E-state index in [-0.39, 0.29) is 0 Å². The van der Waals surface area contributed by atoms with Gasteiger partial charge in [0.2, 0.25) is 0 Å². The minimum absolute atomic E-state index is 0.903. The molecular weight excluding hydrogens is 711 g/mol. The Morgan fingerprint density at radius 1 is 0.393 bits per heavy atom. The fourth-order valence-electron chi connectivity index (χ4n) is 9.51. The lowest BCUT2D eigenvalue weighted by molar-refractivity contribution is 1.15. The van der Waals surface area contributed by atoms with Gasteiger partial charge in [-0.1, -0.05) is 193 Å². The summed E-state index contributed by atoms with van der Waals surface area (Å²) in [4.78, 5) is 10.7. The molecule has 0 aliphatic carbocycles. The molecule has 0 spiro atoms. The van der Waals surface area contributed by atoms with Gasteiger partial charge in [-0.05, 0) is 66.8 Å². The number of benzene rings is 8. The Morgan fingerprint density at radius 2 is 0.839 bits per heavy atom. The lowest BCUT2D eigenvalue weighted by Crippen LogP contribution is -2.77. The zero-order valence-electron chi connectivity index (χ0n) is 30.7. The molecule has 9 aromatic rings. The number of anilines is 6. The molecule has 0 unspecified atom stereocenters. The summed E-state index contributed by atoms with van der Waals surface area (Å²) in [6.45, 7) is 0. The summed E-state index contributed by atoms with van der Waals surface area (Å²) in [6.07, 6.45) is 0. The van der Waals surface area contributed by atoms with Gasteiger partial charge in [-0.15, -0.1) is 0 Å². The highest BCUT2D eigenvalue weighted by atomic mass is 28.3. The zero-order chi connectivity index (χ0) is 37.1. The van der Waals surface area contributed by atoms with Crippen molar-refractivity contribution in [3.63, 3.8) is 0 Å². The van der Waals surface area contributed by atoms with Crippen molar-refractivity contribution >= 4 is 98.3 Å². The van der Waals surface area contributed by atoms with Crippen LogP contribution in [0.4, 0.5) is 34.4 Å². The third-order valence-electron chi connectivity index (χ3n) is 11.8. The van der Waals surface area contributed by atoms with Gasteiger partial charge in [0.25, 0.3) is 0 Å². The number of rotatable bonds is 5. The molecule has 264 valence electrons. The van der Waals surface area contributed by atoms with Crippen LogP contribution in [0.15, 0.2) is 218 Å². The second-order valence-electron chi connectivity index (χ2n) is 14.7. The molecule has 0 amide bonds. The summed E-state index contributed by atoms with van der Waals surface area (Å²) in [5.74, 6) is 1.84. The number of nitrogens with zero attached hydrogens (tertiary/aromatic N) is 3. The average Bonchev–Trinajstić information content (AvgIpc) is 3.28. The van der Waals surface area contributed by atoms with Crippen LogP contribution < -0.4 is 46.1 Å². The third kappa shape index (κ3) is 4.85. The molecule has 3 heterocycles. The average molecular weight is 748 g/mol. The molecular formula is C51H37N3Si2. The molecule has 0 fully saturated rings. The van der Waals surface area contributed by atoms with Gasteiger partial charge in [0.05, 0.1) is 0 Å². The van der Waals surface area contributed by atoms with Gasteiger partial charge < -0.3 is 0 Å². The first kappa shape index (κ1) is 32.6. The highest BCUT2D eigenvalue weighted by molar-refractivity contribution is 7.21. The van der Waals surface area contributed by atoms with Crippen LogP contribution in [0.3, 0.4) is 0 Å². The van der Waals surface area contributed by atoms with E-state index in [1.54, 1.807) is 0 Å². The SMILES string of the molecule is c1ccc([SiH]2c3ccccc3N(c3nc(N4c5ccccc5[Si](c5ccccc5)(c5ccccc5)c5ccccc54)cc4ccccc34)c3ccccc32)cc1. The molecule has 0 saturated heterocycles. The van der Waals surface area contributed by atoms with E-state index < -0.39 is 16.9 Å². The Hall–Kier alpha value is -6.80. The summed E-state index contributed by atoms with van der Waals surface area (Å²) >= 11 is 0.